The van der Waals surface area contributed by atoms with Crippen LogP contribution in [-0.2, 0) is 20.8 Å². The van der Waals surface area contributed by atoms with Crippen LogP contribution in [0.15, 0.2) is 35.1 Å². The van der Waals surface area contributed by atoms with Crippen molar-refractivity contribution in [1.29, 1.82) is 0 Å². The number of carbonyl (C=O) groups excluding carboxylic acids is 1. The van der Waals surface area contributed by atoms with Gasteiger partial charge in [-0.2, -0.15) is 0 Å². The minimum absolute atomic E-state index is 0.0640. The van der Waals surface area contributed by atoms with E-state index in [-0.39, 0.29) is 5.70 Å². The van der Waals surface area contributed by atoms with Gasteiger partial charge in [0.05, 0.1) is 20.3 Å². The predicted octanol–water partition coefficient (Wildman–Crippen LogP) is 2.34. The second kappa shape index (κ2) is 8.19. The van der Waals surface area contributed by atoms with Crippen LogP contribution in [0.3, 0.4) is 0 Å². The van der Waals surface area contributed by atoms with Crippen LogP contribution in [0.4, 0.5) is 0 Å². The topological polar surface area (TPSA) is 87.5 Å². The molecule has 7 nitrogen and oxygen atoms in total. The third-order valence-electron chi connectivity index (χ3n) is 3.34. The molecular weight excluding hydrogens is 284 g/mol. The van der Waals surface area contributed by atoms with Crippen molar-refractivity contribution in [3.05, 3.63) is 51.5 Å². The first-order valence-corrected chi connectivity index (χ1v) is 6.97. The molecule has 0 amide bonds. The largest absolute Gasteiger partial charge is 0.466 e. The number of hydrogen-bond acceptors (Lipinski definition) is 5. The number of hydrogen-bond donors (Lipinski definition) is 0. The molecule has 1 aromatic rings. The standard InChI is InChI=1S/C15H18N4O3/c1-21-15(20)14(17-18-16)10-12-2-4-13(5-3-12)11-19-6-8-22-9-7-19/h2-5,10H,6-9,11H2,1H3/b14-10-. The summed E-state index contributed by atoms with van der Waals surface area (Å²) in [6, 6.07) is 7.75. The van der Waals surface area contributed by atoms with E-state index >= 15 is 0 Å². The monoisotopic (exact) mass is 302 g/mol. The third-order valence-corrected chi connectivity index (χ3v) is 3.34. The van der Waals surface area contributed by atoms with Gasteiger partial charge in [0.15, 0.2) is 0 Å². The van der Waals surface area contributed by atoms with Gasteiger partial charge < -0.3 is 9.47 Å². The molecule has 1 fully saturated rings. The summed E-state index contributed by atoms with van der Waals surface area (Å²) in [5.41, 5.74) is 10.4. The zero-order valence-electron chi connectivity index (χ0n) is 12.4. The van der Waals surface area contributed by atoms with Crippen LogP contribution < -0.4 is 0 Å². The number of morpholine rings is 1. The van der Waals surface area contributed by atoms with E-state index in [9.17, 15) is 4.79 Å². The minimum atomic E-state index is -0.657. The van der Waals surface area contributed by atoms with Gasteiger partial charge in [-0.15, -0.1) is 0 Å². The lowest BCUT2D eigenvalue weighted by molar-refractivity contribution is -0.136. The summed E-state index contributed by atoms with van der Waals surface area (Å²) in [5.74, 6) is -0.657. The van der Waals surface area contributed by atoms with E-state index in [0.717, 1.165) is 38.4 Å². The van der Waals surface area contributed by atoms with E-state index < -0.39 is 5.97 Å². The molecule has 2 rings (SSSR count). The van der Waals surface area contributed by atoms with Gasteiger partial charge in [0, 0.05) is 24.5 Å². The first-order valence-electron chi connectivity index (χ1n) is 6.97. The van der Waals surface area contributed by atoms with E-state index in [2.05, 4.69) is 19.7 Å². The fraction of sp³-hybridized carbons (Fsp3) is 0.400. The molecule has 0 bridgehead atoms. The molecule has 0 spiro atoms. The predicted molar refractivity (Wildman–Crippen MR) is 81.7 cm³/mol. The summed E-state index contributed by atoms with van der Waals surface area (Å²) in [4.78, 5) is 16.4. The highest BCUT2D eigenvalue weighted by Crippen LogP contribution is 2.13. The maximum atomic E-state index is 11.5. The Morgan fingerprint density at radius 2 is 2.09 bits per heavy atom. The maximum absolute atomic E-state index is 11.5. The van der Waals surface area contributed by atoms with Gasteiger partial charge in [0.1, 0.15) is 5.70 Å². The Morgan fingerprint density at radius 1 is 1.41 bits per heavy atom. The Bertz CT molecular complexity index is 585. The molecule has 0 aliphatic carbocycles. The lowest BCUT2D eigenvalue weighted by Gasteiger charge is -2.26. The average molecular weight is 302 g/mol. The molecule has 0 unspecified atom stereocenters. The molecule has 0 aromatic heterocycles. The zero-order valence-corrected chi connectivity index (χ0v) is 12.4. The van der Waals surface area contributed by atoms with Gasteiger partial charge in [-0.1, -0.05) is 29.4 Å². The van der Waals surface area contributed by atoms with E-state index in [1.807, 2.05) is 24.3 Å². The van der Waals surface area contributed by atoms with Gasteiger partial charge >= 0.3 is 5.97 Å². The highest BCUT2D eigenvalue weighted by molar-refractivity contribution is 5.93. The quantitative estimate of drug-likeness (QED) is 0.274. The van der Waals surface area contributed by atoms with E-state index in [1.54, 1.807) is 0 Å². The highest BCUT2D eigenvalue weighted by Gasteiger charge is 2.11. The number of benzene rings is 1. The number of carbonyl (C=O) groups is 1. The summed E-state index contributed by atoms with van der Waals surface area (Å²) in [6.45, 7) is 4.29. The van der Waals surface area contributed by atoms with Crippen molar-refractivity contribution >= 4 is 12.0 Å². The Kier molecular flexibility index (Phi) is 5.97. The molecule has 1 saturated heterocycles. The summed E-state index contributed by atoms with van der Waals surface area (Å²) < 4.78 is 9.89. The van der Waals surface area contributed by atoms with Crippen LogP contribution >= 0.6 is 0 Å². The van der Waals surface area contributed by atoms with Gasteiger partial charge in [-0.3, -0.25) is 4.90 Å². The molecular formula is C15H18N4O3. The lowest BCUT2D eigenvalue weighted by atomic mass is 10.1. The van der Waals surface area contributed by atoms with Crippen LogP contribution in [0, 0.1) is 0 Å². The fourth-order valence-electron chi connectivity index (χ4n) is 2.18. The van der Waals surface area contributed by atoms with E-state index in [4.69, 9.17) is 10.3 Å². The van der Waals surface area contributed by atoms with Crippen LogP contribution in [0.5, 0.6) is 0 Å². The number of ether oxygens (including phenoxy) is 2. The molecule has 0 radical (unpaired) electrons. The Morgan fingerprint density at radius 3 is 2.68 bits per heavy atom. The number of esters is 1. The number of nitrogens with zero attached hydrogens (tertiary/aromatic N) is 4. The van der Waals surface area contributed by atoms with Crippen molar-refractivity contribution in [2.75, 3.05) is 33.4 Å². The Labute approximate surface area is 128 Å². The second-order valence-corrected chi connectivity index (χ2v) is 4.84. The zero-order chi connectivity index (χ0) is 15.8. The number of methoxy groups -OCH3 is 1. The second-order valence-electron chi connectivity index (χ2n) is 4.84. The smallest absolute Gasteiger partial charge is 0.340 e. The lowest BCUT2D eigenvalue weighted by Crippen LogP contribution is -2.35. The van der Waals surface area contributed by atoms with Crippen molar-refractivity contribution in [2.45, 2.75) is 6.54 Å². The molecule has 116 valence electrons. The first kappa shape index (κ1) is 16.0. The molecule has 22 heavy (non-hydrogen) atoms. The summed E-state index contributed by atoms with van der Waals surface area (Å²) in [5, 5.41) is 3.35. The van der Waals surface area contributed by atoms with Gasteiger partial charge in [0.25, 0.3) is 0 Å². The van der Waals surface area contributed by atoms with E-state index in [1.165, 1.54) is 18.7 Å². The first-order chi connectivity index (χ1) is 10.7. The van der Waals surface area contributed by atoms with Gasteiger partial charge in [-0.25, -0.2) is 4.79 Å². The van der Waals surface area contributed by atoms with Crippen molar-refractivity contribution in [3.8, 4) is 0 Å². The van der Waals surface area contributed by atoms with Crippen LogP contribution in [0.1, 0.15) is 11.1 Å². The summed E-state index contributed by atoms with van der Waals surface area (Å²) in [7, 11) is 1.24. The SMILES string of the molecule is COC(=O)/C(=C/c1ccc(CN2CCOCC2)cc1)N=[N+]=[N-]. The third kappa shape index (κ3) is 4.60. The Hall–Kier alpha value is -2.34. The molecule has 0 N–H and O–H groups in total. The molecule has 1 aromatic carbocycles. The molecule has 0 atom stereocenters. The van der Waals surface area contributed by atoms with Crippen LogP contribution in [-0.4, -0.2) is 44.3 Å². The molecule has 0 saturated carbocycles. The summed E-state index contributed by atoms with van der Waals surface area (Å²) in [6.07, 6.45) is 1.50. The van der Waals surface area contributed by atoms with Crippen LogP contribution in [0.25, 0.3) is 16.5 Å². The average Bonchev–Trinajstić information content (AvgIpc) is 2.56. The van der Waals surface area contributed by atoms with Crippen molar-refractivity contribution in [1.82, 2.24) is 4.90 Å². The van der Waals surface area contributed by atoms with Gasteiger partial charge in [0.2, 0.25) is 0 Å². The number of azide groups is 1. The van der Waals surface area contributed by atoms with Crippen LogP contribution in [0.2, 0.25) is 0 Å². The number of rotatable bonds is 5. The fourth-order valence-corrected chi connectivity index (χ4v) is 2.18. The highest BCUT2D eigenvalue weighted by atomic mass is 16.5. The molecule has 1 heterocycles. The molecule has 7 heteroatoms. The Balaban J connectivity index is 2.06. The molecule has 1 aliphatic heterocycles. The normalized spacial score (nSPS) is 16.0. The molecule has 1 aliphatic rings. The minimum Gasteiger partial charge on any atom is -0.466 e. The van der Waals surface area contributed by atoms with E-state index in [0.29, 0.717) is 0 Å². The van der Waals surface area contributed by atoms with Gasteiger partial charge in [-0.05, 0) is 22.7 Å². The maximum Gasteiger partial charge on any atom is 0.340 e. The van der Waals surface area contributed by atoms with Crippen molar-refractivity contribution in [2.24, 2.45) is 5.11 Å². The van der Waals surface area contributed by atoms with Crippen molar-refractivity contribution < 1.29 is 14.3 Å². The van der Waals surface area contributed by atoms with Crippen molar-refractivity contribution in [3.63, 3.8) is 0 Å². The summed E-state index contributed by atoms with van der Waals surface area (Å²) >= 11 is 0.